The molecule has 0 saturated carbocycles. The van der Waals surface area contributed by atoms with E-state index in [0.29, 0.717) is 0 Å². The lowest BCUT2D eigenvalue weighted by atomic mass is 9.88. The molecule has 3 heteroatoms. The van der Waals surface area contributed by atoms with Gasteiger partial charge in [-0.1, -0.05) is 13.8 Å². The highest BCUT2D eigenvalue weighted by atomic mass is 32.2. The van der Waals surface area contributed by atoms with Gasteiger partial charge in [-0.15, -0.1) is 0 Å². The normalized spacial score (nSPS) is 20.5. The van der Waals surface area contributed by atoms with Crippen LogP contribution in [0.1, 0.15) is 39.5 Å². The number of hydrogen-bond acceptors (Lipinski definition) is 3. The van der Waals surface area contributed by atoms with Crippen molar-refractivity contribution < 1.29 is 0 Å². The van der Waals surface area contributed by atoms with E-state index in [9.17, 15) is 0 Å². The van der Waals surface area contributed by atoms with Gasteiger partial charge < -0.3 is 10.6 Å². The Bertz CT molecular complexity index is 177. The Morgan fingerprint density at radius 1 is 1.18 bits per heavy atom. The zero-order valence-electron chi connectivity index (χ0n) is 11.7. The second-order valence-electron chi connectivity index (χ2n) is 5.53. The van der Waals surface area contributed by atoms with E-state index in [2.05, 4.69) is 30.5 Å². The van der Waals surface area contributed by atoms with Crippen LogP contribution >= 0.6 is 11.8 Å². The van der Waals surface area contributed by atoms with Crippen LogP contribution in [0.3, 0.4) is 0 Å². The van der Waals surface area contributed by atoms with E-state index in [1.807, 2.05) is 0 Å². The van der Waals surface area contributed by atoms with Crippen molar-refractivity contribution in [3.05, 3.63) is 0 Å². The maximum absolute atomic E-state index is 5.69. The van der Waals surface area contributed by atoms with Gasteiger partial charge >= 0.3 is 0 Å². The first-order chi connectivity index (χ1) is 8.24. The molecule has 0 bridgehead atoms. The molecule has 1 aliphatic rings. The van der Waals surface area contributed by atoms with Crippen LogP contribution in [0.4, 0.5) is 0 Å². The fraction of sp³-hybridized carbons (Fsp3) is 1.00. The molecule has 2 nitrogen and oxygen atoms in total. The Morgan fingerprint density at radius 3 is 2.71 bits per heavy atom. The van der Waals surface area contributed by atoms with Crippen molar-refractivity contribution in [3.63, 3.8) is 0 Å². The molecule has 0 spiro atoms. The quantitative estimate of drug-likeness (QED) is 0.761. The van der Waals surface area contributed by atoms with Gasteiger partial charge in [0.2, 0.25) is 0 Å². The molecule has 0 radical (unpaired) electrons. The smallest absolute Gasteiger partial charge is 0.00723 e. The second-order valence-corrected chi connectivity index (χ2v) is 6.76. The predicted octanol–water partition coefficient (Wildman–Crippen LogP) is 2.83. The lowest BCUT2D eigenvalue weighted by molar-refractivity contribution is 0.261. The highest BCUT2D eigenvalue weighted by Gasteiger charge is 2.14. The van der Waals surface area contributed by atoms with Gasteiger partial charge in [0, 0.05) is 12.3 Å². The van der Waals surface area contributed by atoms with Crippen molar-refractivity contribution in [2.75, 3.05) is 37.7 Å². The van der Waals surface area contributed by atoms with Crippen LogP contribution in [0.15, 0.2) is 0 Å². The van der Waals surface area contributed by atoms with Crippen molar-refractivity contribution in [2.24, 2.45) is 17.6 Å². The summed E-state index contributed by atoms with van der Waals surface area (Å²) in [6.07, 6.45) is 5.29. The summed E-state index contributed by atoms with van der Waals surface area (Å²) in [5.74, 6) is 4.31. The standard InChI is InChI=1S/C14H30N2S/c1-13(2)14(6-7-15)5-3-8-16-9-4-11-17-12-10-16/h13-14H,3-12,15H2,1-2H3. The molecule has 1 saturated heterocycles. The highest BCUT2D eigenvalue weighted by Crippen LogP contribution is 2.21. The molecular formula is C14H30N2S. The molecular weight excluding hydrogens is 228 g/mol. The topological polar surface area (TPSA) is 29.3 Å². The molecule has 1 aliphatic heterocycles. The first-order valence-corrected chi connectivity index (χ1v) is 8.39. The maximum Gasteiger partial charge on any atom is 0.00723 e. The summed E-state index contributed by atoms with van der Waals surface area (Å²) in [5, 5.41) is 0. The summed E-state index contributed by atoms with van der Waals surface area (Å²) >= 11 is 2.11. The zero-order valence-corrected chi connectivity index (χ0v) is 12.5. The summed E-state index contributed by atoms with van der Waals surface area (Å²) < 4.78 is 0. The molecule has 0 amide bonds. The molecule has 1 unspecified atom stereocenters. The molecule has 0 aromatic rings. The largest absolute Gasteiger partial charge is 0.330 e. The van der Waals surface area contributed by atoms with Gasteiger partial charge in [0.05, 0.1) is 0 Å². The summed E-state index contributed by atoms with van der Waals surface area (Å²) in [4.78, 5) is 2.65. The third-order valence-corrected chi connectivity index (χ3v) is 4.89. The average Bonchev–Trinajstić information content (AvgIpc) is 2.56. The zero-order chi connectivity index (χ0) is 12.5. The minimum absolute atomic E-state index is 0.790. The predicted molar refractivity (Wildman–Crippen MR) is 79.6 cm³/mol. The molecule has 2 N–H and O–H groups in total. The van der Waals surface area contributed by atoms with E-state index in [4.69, 9.17) is 5.73 Å². The van der Waals surface area contributed by atoms with Crippen LogP contribution in [-0.4, -0.2) is 42.6 Å². The minimum atomic E-state index is 0.790. The van der Waals surface area contributed by atoms with Gasteiger partial charge in [0.1, 0.15) is 0 Å². The van der Waals surface area contributed by atoms with Crippen molar-refractivity contribution in [3.8, 4) is 0 Å². The van der Waals surface area contributed by atoms with Crippen LogP contribution in [0.5, 0.6) is 0 Å². The van der Waals surface area contributed by atoms with E-state index >= 15 is 0 Å². The molecule has 0 aliphatic carbocycles. The van der Waals surface area contributed by atoms with E-state index in [1.54, 1.807) is 0 Å². The van der Waals surface area contributed by atoms with E-state index in [0.717, 1.165) is 18.4 Å². The van der Waals surface area contributed by atoms with E-state index in [-0.39, 0.29) is 0 Å². The Hall–Kier alpha value is 0.270. The van der Waals surface area contributed by atoms with Gasteiger partial charge in [-0.05, 0) is 62.9 Å². The minimum Gasteiger partial charge on any atom is -0.330 e. The molecule has 102 valence electrons. The van der Waals surface area contributed by atoms with Crippen LogP contribution in [0, 0.1) is 11.8 Å². The SMILES string of the molecule is CC(C)C(CCN)CCCN1CCCSCC1. The number of rotatable bonds is 7. The molecule has 1 atom stereocenters. The van der Waals surface area contributed by atoms with Gasteiger partial charge in [0.15, 0.2) is 0 Å². The van der Waals surface area contributed by atoms with E-state index in [1.165, 1.54) is 56.8 Å². The fourth-order valence-corrected chi connectivity index (χ4v) is 3.55. The highest BCUT2D eigenvalue weighted by molar-refractivity contribution is 7.99. The second kappa shape index (κ2) is 9.23. The molecule has 0 aromatic carbocycles. The van der Waals surface area contributed by atoms with Crippen molar-refractivity contribution >= 4 is 11.8 Å². The first kappa shape index (κ1) is 15.3. The third kappa shape index (κ3) is 6.68. The Balaban J connectivity index is 2.15. The Labute approximate surface area is 112 Å². The fourth-order valence-electron chi connectivity index (χ4n) is 2.62. The van der Waals surface area contributed by atoms with Gasteiger partial charge in [-0.2, -0.15) is 11.8 Å². The molecule has 1 heterocycles. The number of thioether (sulfide) groups is 1. The lowest BCUT2D eigenvalue weighted by Crippen LogP contribution is -2.27. The van der Waals surface area contributed by atoms with E-state index < -0.39 is 0 Å². The van der Waals surface area contributed by atoms with Gasteiger partial charge in [-0.3, -0.25) is 0 Å². The molecule has 0 aromatic heterocycles. The summed E-state index contributed by atoms with van der Waals surface area (Å²) in [7, 11) is 0. The Kier molecular flexibility index (Phi) is 8.33. The molecule has 1 fully saturated rings. The van der Waals surface area contributed by atoms with Gasteiger partial charge in [-0.25, -0.2) is 0 Å². The lowest BCUT2D eigenvalue weighted by Gasteiger charge is -2.23. The summed E-state index contributed by atoms with van der Waals surface area (Å²) in [6.45, 7) is 9.44. The van der Waals surface area contributed by atoms with Crippen LogP contribution in [0.2, 0.25) is 0 Å². The third-order valence-electron chi connectivity index (χ3n) is 3.84. The maximum atomic E-state index is 5.69. The van der Waals surface area contributed by atoms with Gasteiger partial charge in [0.25, 0.3) is 0 Å². The van der Waals surface area contributed by atoms with Crippen LogP contribution < -0.4 is 5.73 Å². The van der Waals surface area contributed by atoms with Crippen molar-refractivity contribution in [2.45, 2.75) is 39.5 Å². The number of nitrogens with two attached hydrogens (primary N) is 1. The summed E-state index contributed by atoms with van der Waals surface area (Å²) in [5.41, 5.74) is 5.69. The van der Waals surface area contributed by atoms with Crippen molar-refractivity contribution in [1.29, 1.82) is 0 Å². The Morgan fingerprint density at radius 2 is 2.00 bits per heavy atom. The van der Waals surface area contributed by atoms with Crippen molar-refractivity contribution in [1.82, 2.24) is 4.90 Å². The number of hydrogen-bond donors (Lipinski definition) is 1. The average molecular weight is 258 g/mol. The molecule has 1 rings (SSSR count). The van der Waals surface area contributed by atoms with Crippen LogP contribution in [-0.2, 0) is 0 Å². The summed E-state index contributed by atoms with van der Waals surface area (Å²) in [6, 6.07) is 0. The monoisotopic (exact) mass is 258 g/mol. The first-order valence-electron chi connectivity index (χ1n) is 7.24. The van der Waals surface area contributed by atoms with Crippen LogP contribution in [0.25, 0.3) is 0 Å². The number of nitrogens with zero attached hydrogens (tertiary/aromatic N) is 1. The molecule has 17 heavy (non-hydrogen) atoms.